The molecule has 4 rings (SSSR count). The molecule has 3 heterocycles. The highest BCUT2D eigenvalue weighted by molar-refractivity contribution is 7.15. The third-order valence-electron chi connectivity index (χ3n) is 4.31. The number of aromatic nitrogens is 3. The lowest BCUT2D eigenvalue weighted by Crippen LogP contribution is -2.52. The monoisotopic (exact) mass is 328 g/mol. The molecule has 2 amide bonds. The van der Waals surface area contributed by atoms with Gasteiger partial charge in [-0.3, -0.25) is 10.00 Å². The fourth-order valence-corrected chi connectivity index (χ4v) is 4.00. The maximum absolute atomic E-state index is 12.2. The quantitative estimate of drug-likeness (QED) is 0.915. The highest BCUT2D eigenvalue weighted by atomic mass is 32.1. The van der Waals surface area contributed by atoms with E-state index < -0.39 is 0 Å². The van der Waals surface area contributed by atoms with E-state index in [0.717, 1.165) is 18.5 Å². The number of amides is 2. The summed E-state index contributed by atoms with van der Waals surface area (Å²) in [4.78, 5) is 19.8. The lowest BCUT2D eigenvalue weighted by molar-refractivity contribution is 0.128. The topological polar surface area (TPSA) is 86.8 Å². The molecule has 0 atom stereocenters. The van der Waals surface area contributed by atoms with Gasteiger partial charge >= 0.3 is 6.03 Å². The second kappa shape index (κ2) is 5.66. The third kappa shape index (κ3) is 2.68. The number of hydrogen-bond donors (Lipinski definition) is 1. The largest absolute Gasteiger partial charge is 0.323 e. The molecule has 1 aliphatic heterocycles. The van der Waals surface area contributed by atoms with E-state index in [1.165, 1.54) is 17.7 Å². The first kappa shape index (κ1) is 14.2. The van der Waals surface area contributed by atoms with Crippen LogP contribution in [0.15, 0.2) is 12.4 Å². The van der Waals surface area contributed by atoms with Crippen molar-refractivity contribution in [2.45, 2.75) is 31.7 Å². The number of rotatable bonds is 2. The van der Waals surface area contributed by atoms with E-state index >= 15 is 0 Å². The molecule has 8 heteroatoms. The Bertz CT molecular complexity index is 759. The van der Waals surface area contributed by atoms with E-state index in [2.05, 4.69) is 21.5 Å². The van der Waals surface area contributed by atoms with Gasteiger partial charge in [-0.05, 0) is 25.7 Å². The van der Waals surface area contributed by atoms with Gasteiger partial charge in [0.05, 0.1) is 23.5 Å². The van der Waals surface area contributed by atoms with Crippen LogP contribution in [-0.2, 0) is 12.8 Å². The van der Waals surface area contributed by atoms with Gasteiger partial charge in [-0.1, -0.05) is 0 Å². The summed E-state index contributed by atoms with van der Waals surface area (Å²) in [6.07, 6.45) is 7.76. The number of thiazole rings is 1. The van der Waals surface area contributed by atoms with Crippen LogP contribution in [0.1, 0.15) is 35.0 Å². The number of nitrogens with zero attached hydrogens (tertiary/aromatic N) is 5. The Kier molecular flexibility index (Phi) is 3.50. The van der Waals surface area contributed by atoms with Crippen molar-refractivity contribution in [2.24, 2.45) is 0 Å². The van der Waals surface area contributed by atoms with Crippen molar-refractivity contribution in [2.75, 3.05) is 18.4 Å². The zero-order valence-corrected chi connectivity index (χ0v) is 13.3. The summed E-state index contributed by atoms with van der Waals surface area (Å²) in [5.41, 5.74) is 1.69. The molecule has 0 spiro atoms. The number of aryl methyl sites for hydroxylation is 2. The molecule has 2 aliphatic rings. The van der Waals surface area contributed by atoms with Crippen LogP contribution >= 0.6 is 11.3 Å². The van der Waals surface area contributed by atoms with Crippen LogP contribution in [0.2, 0.25) is 0 Å². The van der Waals surface area contributed by atoms with Gasteiger partial charge in [0.15, 0.2) is 5.13 Å². The lowest BCUT2D eigenvalue weighted by Gasteiger charge is -2.38. The number of fused-ring (bicyclic) bond motifs is 1. The van der Waals surface area contributed by atoms with Gasteiger partial charge in [-0.25, -0.2) is 9.78 Å². The summed E-state index contributed by atoms with van der Waals surface area (Å²) >= 11 is 1.60. The van der Waals surface area contributed by atoms with Crippen molar-refractivity contribution in [3.8, 4) is 6.07 Å². The molecule has 0 saturated carbocycles. The van der Waals surface area contributed by atoms with Crippen molar-refractivity contribution in [1.82, 2.24) is 19.7 Å². The molecule has 1 N–H and O–H groups in total. The van der Waals surface area contributed by atoms with Gasteiger partial charge < -0.3 is 4.90 Å². The summed E-state index contributed by atoms with van der Waals surface area (Å²) in [7, 11) is 0. The van der Waals surface area contributed by atoms with Crippen LogP contribution in [0, 0.1) is 11.3 Å². The smallest absolute Gasteiger partial charge is 0.320 e. The zero-order valence-electron chi connectivity index (χ0n) is 12.5. The first-order valence-corrected chi connectivity index (χ1v) is 8.53. The van der Waals surface area contributed by atoms with Crippen LogP contribution in [-0.4, -0.2) is 38.8 Å². The fraction of sp³-hybridized carbons (Fsp3) is 0.467. The molecular weight excluding hydrogens is 312 g/mol. The predicted molar refractivity (Wildman–Crippen MR) is 85.3 cm³/mol. The maximum Gasteiger partial charge on any atom is 0.323 e. The number of carbonyl (C=O) groups excluding carboxylic acids is 1. The summed E-state index contributed by atoms with van der Waals surface area (Å²) in [6, 6.07) is 2.09. The normalized spacial score (nSPS) is 17.3. The van der Waals surface area contributed by atoms with Gasteiger partial charge in [0.1, 0.15) is 6.07 Å². The Morgan fingerprint density at radius 3 is 2.96 bits per heavy atom. The number of urea groups is 1. The van der Waals surface area contributed by atoms with E-state index in [4.69, 9.17) is 5.26 Å². The Morgan fingerprint density at radius 2 is 2.22 bits per heavy atom. The molecule has 2 aromatic heterocycles. The van der Waals surface area contributed by atoms with E-state index in [-0.39, 0.29) is 12.1 Å². The number of hydrogen-bond acceptors (Lipinski definition) is 5. The average molecular weight is 328 g/mol. The summed E-state index contributed by atoms with van der Waals surface area (Å²) in [5.74, 6) is 0. The minimum atomic E-state index is -0.111. The van der Waals surface area contributed by atoms with Crippen LogP contribution in [0.3, 0.4) is 0 Å². The van der Waals surface area contributed by atoms with Gasteiger partial charge in [-0.15, -0.1) is 11.3 Å². The highest BCUT2D eigenvalue weighted by Crippen LogP contribution is 2.30. The van der Waals surface area contributed by atoms with Crippen molar-refractivity contribution in [3.05, 3.63) is 28.5 Å². The minimum Gasteiger partial charge on any atom is -0.320 e. The van der Waals surface area contributed by atoms with E-state index in [9.17, 15) is 4.79 Å². The molecule has 1 saturated heterocycles. The second-order valence-electron chi connectivity index (χ2n) is 5.91. The van der Waals surface area contributed by atoms with Crippen LogP contribution < -0.4 is 5.32 Å². The van der Waals surface area contributed by atoms with Gasteiger partial charge in [0, 0.05) is 24.2 Å². The van der Waals surface area contributed by atoms with E-state index in [1.807, 2.05) is 0 Å². The Hall–Kier alpha value is -2.40. The van der Waals surface area contributed by atoms with Gasteiger partial charge in [-0.2, -0.15) is 10.4 Å². The summed E-state index contributed by atoms with van der Waals surface area (Å²) in [6.45, 7) is 1.20. The Balaban J connectivity index is 1.34. The molecule has 118 valence electrons. The van der Waals surface area contributed by atoms with Crippen LogP contribution in [0.5, 0.6) is 0 Å². The predicted octanol–water partition coefficient (Wildman–Crippen LogP) is 2.18. The summed E-state index contributed by atoms with van der Waals surface area (Å²) < 4.78 is 1.75. The first-order chi connectivity index (χ1) is 11.2. The van der Waals surface area contributed by atoms with E-state index in [1.54, 1.807) is 33.3 Å². The average Bonchev–Trinajstić information content (AvgIpc) is 3.11. The fourth-order valence-electron chi connectivity index (χ4n) is 2.96. The SMILES string of the molecule is N#Cc1cnn(C2CN(C(=O)Nc3nc4c(s3)CCCC4)C2)c1. The molecule has 1 aliphatic carbocycles. The highest BCUT2D eigenvalue weighted by Gasteiger charge is 2.33. The summed E-state index contributed by atoms with van der Waals surface area (Å²) in [5, 5.41) is 16.6. The maximum atomic E-state index is 12.2. The molecular formula is C15H16N6OS. The lowest BCUT2D eigenvalue weighted by atomic mass is 10.0. The minimum absolute atomic E-state index is 0.111. The standard InChI is InChI=1S/C15H16N6OS/c16-5-10-6-17-21(7-10)11-8-20(9-11)15(22)19-14-18-12-3-1-2-4-13(12)23-14/h6-7,11H,1-4,8-9H2,(H,18,19,22). The second-order valence-corrected chi connectivity index (χ2v) is 6.99. The number of anilines is 1. The van der Waals surface area contributed by atoms with Crippen molar-refractivity contribution in [3.63, 3.8) is 0 Å². The van der Waals surface area contributed by atoms with Gasteiger partial charge in [0.2, 0.25) is 0 Å². The number of carbonyl (C=O) groups is 1. The molecule has 0 aromatic carbocycles. The molecule has 1 fully saturated rings. The Morgan fingerprint density at radius 1 is 1.39 bits per heavy atom. The van der Waals surface area contributed by atoms with Crippen molar-refractivity contribution < 1.29 is 4.79 Å². The van der Waals surface area contributed by atoms with Crippen molar-refractivity contribution in [1.29, 1.82) is 5.26 Å². The van der Waals surface area contributed by atoms with Crippen LogP contribution in [0.25, 0.3) is 0 Å². The molecule has 0 radical (unpaired) electrons. The van der Waals surface area contributed by atoms with E-state index in [0.29, 0.717) is 23.8 Å². The molecule has 0 bridgehead atoms. The number of likely N-dealkylation sites (tertiary alicyclic amines) is 1. The van der Waals surface area contributed by atoms with Gasteiger partial charge in [0.25, 0.3) is 0 Å². The number of nitrogens with one attached hydrogen (secondary N) is 1. The Labute approximate surface area is 137 Å². The van der Waals surface area contributed by atoms with Crippen molar-refractivity contribution >= 4 is 22.5 Å². The third-order valence-corrected chi connectivity index (χ3v) is 5.39. The molecule has 2 aromatic rings. The number of nitriles is 1. The van der Waals surface area contributed by atoms with Crippen LogP contribution in [0.4, 0.5) is 9.93 Å². The first-order valence-electron chi connectivity index (χ1n) is 7.71. The molecule has 0 unspecified atom stereocenters. The zero-order chi connectivity index (χ0) is 15.8. The molecule has 7 nitrogen and oxygen atoms in total. The molecule has 23 heavy (non-hydrogen) atoms.